The molecule has 4 aromatic rings. The average Bonchev–Trinajstić information content (AvgIpc) is 3.66. The Hall–Kier alpha value is -4.65. The van der Waals surface area contributed by atoms with Gasteiger partial charge < -0.3 is 20.7 Å². The van der Waals surface area contributed by atoms with Gasteiger partial charge in [-0.25, -0.2) is 4.79 Å². The van der Waals surface area contributed by atoms with E-state index in [-0.39, 0.29) is 11.8 Å². The number of carboxylic acid groups (broad SMARTS) is 1. The van der Waals surface area contributed by atoms with Crippen LogP contribution in [0.4, 0.5) is 5.69 Å². The van der Waals surface area contributed by atoms with Gasteiger partial charge >= 0.3 is 5.97 Å². The number of aryl methyl sites for hydroxylation is 1. The zero-order chi connectivity index (χ0) is 30.7. The van der Waals surface area contributed by atoms with Gasteiger partial charge in [0.05, 0.1) is 5.69 Å². The lowest BCUT2D eigenvalue weighted by Gasteiger charge is -2.29. The summed E-state index contributed by atoms with van der Waals surface area (Å²) < 4.78 is 0. The molecule has 0 saturated heterocycles. The van der Waals surface area contributed by atoms with Gasteiger partial charge in [0, 0.05) is 33.8 Å². The molecule has 2 saturated carbocycles. The Labute approximate surface area is 257 Å². The molecule has 44 heavy (non-hydrogen) atoms. The van der Waals surface area contributed by atoms with E-state index in [1.807, 2.05) is 12.1 Å². The highest BCUT2D eigenvalue weighted by atomic mass is 16.4. The second-order valence-electron chi connectivity index (χ2n) is 12.3. The quantitative estimate of drug-likeness (QED) is 0.156. The minimum absolute atomic E-state index is 0.237. The van der Waals surface area contributed by atoms with Crippen molar-refractivity contribution in [2.24, 2.45) is 0 Å². The Morgan fingerprint density at radius 1 is 0.909 bits per heavy atom. The number of benzene rings is 3. The van der Waals surface area contributed by atoms with Gasteiger partial charge in [-0.15, -0.1) is 0 Å². The van der Waals surface area contributed by atoms with E-state index >= 15 is 0 Å². The number of fused-ring (bicyclic) bond motifs is 1. The molecule has 0 atom stereocenters. The number of hydrogen-bond donors (Lipinski definition) is 4. The van der Waals surface area contributed by atoms with Crippen LogP contribution < -0.4 is 10.6 Å². The first-order valence-electron chi connectivity index (χ1n) is 15.7. The smallest absolute Gasteiger partial charge is 0.328 e. The normalized spacial score (nSPS) is 16.8. The van der Waals surface area contributed by atoms with Crippen LogP contribution in [0.25, 0.3) is 28.2 Å². The van der Waals surface area contributed by atoms with Crippen molar-refractivity contribution in [3.05, 3.63) is 95.1 Å². The molecule has 3 aromatic carbocycles. The van der Waals surface area contributed by atoms with Crippen molar-refractivity contribution in [3.63, 3.8) is 0 Å². The zero-order valence-corrected chi connectivity index (χ0v) is 25.1. The standard InChI is InChI=1S/C37H39N3O4/c1-24-9-5-6-12-29(24)34-33(26-10-3-2-4-11-26)30-19-16-27(23-31(30)39-34)35(43)40-37(21-7-8-22-37)36(44)38-28-17-13-25(14-18-28)15-20-32(41)42/h5-6,9,12-20,23,26,39H,2-4,7-8,10-11,21-22H2,1H3,(H,38,44)(H,40,43)(H,41,42)/b20-15+. The van der Waals surface area contributed by atoms with Crippen molar-refractivity contribution >= 4 is 40.4 Å². The minimum Gasteiger partial charge on any atom is -0.478 e. The molecule has 0 spiro atoms. The number of amides is 2. The molecule has 2 aliphatic carbocycles. The van der Waals surface area contributed by atoms with Crippen LogP contribution in [0.15, 0.2) is 72.8 Å². The molecule has 1 aromatic heterocycles. The number of aromatic amines is 1. The minimum atomic E-state index is -1.02. The number of nitrogens with one attached hydrogen (secondary N) is 3. The Bertz CT molecular complexity index is 1720. The first kappa shape index (κ1) is 29.4. The zero-order valence-electron chi connectivity index (χ0n) is 25.1. The molecule has 0 radical (unpaired) electrons. The van der Waals surface area contributed by atoms with Gasteiger partial charge in [-0.3, -0.25) is 9.59 Å². The molecular weight excluding hydrogens is 550 g/mol. The highest BCUT2D eigenvalue weighted by Gasteiger charge is 2.42. The summed E-state index contributed by atoms with van der Waals surface area (Å²) in [6.45, 7) is 2.14. The number of hydrogen-bond acceptors (Lipinski definition) is 3. The molecule has 7 nitrogen and oxygen atoms in total. The van der Waals surface area contributed by atoms with Crippen molar-refractivity contribution < 1.29 is 19.5 Å². The van der Waals surface area contributed by atoms with Crippen LogP contribution in [0.2, 0.25) is 0 Å². The number of aliphatic carboxylic acids is 1. The molecule has 0 bridgehead atoms. The lowest BCUT2D eigenvalue weighted by Crippen LogP contribution is -2.55. The Morgan fingerprint density at radius 2 is 1.64 bits per heavy atom. The summed E-state index contributed by atoms with van der Waals surface area (Å²) in [5.41, 5.74) is 6.70. The summed E-state index contributed by atoms with van der Waals surface area (Å²) in [6.07, 6.45) is 11.5. The first-order chi connectivity index (χ1) is 21.3. The third-order valence-corrected chi connectivity index (χ3v) is 9.36. The summed E-state index contributed by atoms with van der Waals surface area (Å²) in [7, 11) is 0. The van der Waals surface area contributed by atoms with Gasteiger partial charge in [0.2, 0.25) is 5.91 Å². The molecule has 226 valence electrons. The van der Waals surface area contributed by atoms with E-state index in [0.29, 0.717) is 35.6 Å². The molecule has 6 rings (SSSR count). The average molecular weight is 590 g/mol. The van der Waals surface area contributed by atoms with Crippen molar-refractivity contribution in [3.8, 4) is 11.3 Å². The van der Waals surface area contributed by atoms with Gasteiger partial charge in [0.1, 0.15) is 5.54 Å². The van der Waals surface area contributed by atoms with Gasteiger partial charge in [0.15, 0.2) is 0 Å². The number of carboxylic acids is 1. The first-order valence-corrected chi connectivity index (χ1v) is 15.7. The second kappa shape index (κ2) is 12.5. The van der Waals surface area contributed by atoms with Crippen LogP contribution in [0.1, 0.15) is 90.8 Å². The molecule has 2 amide bonds. The lowest BCUT2D eigenvalue weighted by molar-refractivity contribution is -0.131. The van der Waals surface area contributed by atoms with Gasteiger partial charge in [-0.2, -0.15) is 0 Å². The van der Waals surface area contributed by atoms with Crippen LogP contribution in [-0.4, -0.2) is 33.4 Å². The predicted octanol–water partition coefficient (Wildman–Crippen LogP) is 7.97. The summed E-state index contributed by atoms with van der Waals surface area (Å²) in [5, 5.41) is 16.1. The summed E-state index contributed by atoms with van der Waals surface area (Å²) in [5.74, 6) is -1.03. The largest absolute Gasteiger partial charge is 0.478 e. The van der Waals surface area contributed by atoms with Crippen LogP contribution >= 0.6 is 0 Å². The summed E-state index contributed by atoms with van der Waals surface area (Å²) in [4.78, 5) is 41.8. The van der Waals surface area contributed by atoms with E-state index in [1.165, 1.54) is 60.3 Å². The number of anilines is 1. The molecule has 0 aliphatic heterocycles. The maximum atomic E-state index is 13.7. The Morgan fingerprint density at radius 3 is 2.34 bits per heavy atom. The van der Waals surface area contributed by atoms with E-state index in [9.17, 15) is 14.4 Å². The Kier molecular flexibility index (Phi) is 8.38. The number of carbonyl (C=O) groups is 3. The van der Waals surface area contributed by atoms with E-state index < -0.39 is 11.5 Å². The van der Waals surface area contributed by atoms with Crippen molar-refractivity contribution in [1.29, 1.82) is 0 Å². The third kappa shape index (κ3) is 6.05. The van der Waals surface area contributed by atoms with E-state index in [4.69, 9.17) is 5.11 Å². The van der Waals surface area contributed by atoms with Crippen LogP contribution in [0.5, 0.6) is 0 Å². The molecular formula is C37H39N3O4. The van der Waals surface area contributed by atoms with E-state index in [1.54, 1.807) is 24.3 Å². The number of H-pyrrole nitrogens is 1. The SMILES string of the molecule is Cc1ccccc1-c1[nH]c2cc(C(=O)NC3(C(=O)Nc4ccc(/C=C/C(=O)O)cc4)CCCC3)ccc2c1C1CCCCC1. The van der Waals surface area contributed by atoms with Gasteiger partial charge in [-0.05, 0) is 85.6 Å². The summed E-state index contributed by atoms with van der Waals surface area (Å²) >= 11 is 0. The highest BCUT2D eigenvalue weighted by Crippen LogP contribution is 2.43. The lowest BCUT2D eigenvalue weighted by atomic mass is 9.81. The molecule has 7 heteroatoms. The fourth-order valence-corrected chi connectivity index (χ4v) is 7.01. The second-order valence-corrected chi connectivity index (χ2v) is 12.3. The number of rotatable bonds is 8. The molecule has 1 heterocycles. The molecule has 0 unspecified atom stereocenters. The Balaban J connectivity index is 1.26. The van der Waals surface area contributed by atoms with Crippen LogP contribution in [-0.2, 0) is 9.59 Å². The van der Waals surface area contributed by atoms with Gasteiger partial charge in [0.25, 0.3) is 5.91 Å². The third-order valence-electron chi connectivity index (χ3n) is 9.36. The fourth-order valence-electron chi connectivity index (χ4n) is 7.01. The van der Waals surface area contributed by atoms with Crippen molar-refractivity contribution in [2.75, 3.05) is 5.32 Å². The van der Waals surface area contributed by atoms with Crippen molar-refractivity contribution in [1.82, 2.24) is 10.3 Å². The summed E-state index contributed by atoms with van der Waals surface area (Å²) in [6, 6.07) is 21.3. The number of aromatic nitrogens is 1. The fraction of sp³-hybridized carbons (Fsp3) is 0.324. The molecule has 2 aliphatic rings. The van der Waals surface area contributed by atoms with Crippen LogP contribution in [0.3, 0.4) is 0 Å². The monoisotopic (exact) mass is 589 g/mol. The molecule has 2 fully saturated rings. The topological polar surface area (TPSA) is 111 Å². The van der Waals surface area contributed by atoms with Crippen LogP contribution in [0, 0.1) is 6.92 Å². The van der Waals surface area contributed by atoms with E-state index in [2.05, 4.69) is 52.9 Å². The van der Waals surface area contributed by atoms with Crippen molar-refractivity contribution in [2.45, 2.75) is 76.2 Å². The van der Waals surface area contributed by atoms with Gasteiger partial charge in [-0.1, -0.05) is 74.6 Å². The number of carbonyl (C=O) groups excluding carboxylic acids is 2. The maximum Gasteiger partial charge on any atom is 0.328 e. The maximum absolute atomic E-state index is 13.7. The van der Waals surface area contributed by atoms with E-state index in [0.717, 1.165) is 30.1 Å². The predicted molar refractivity (Wildman–Crippen MR) is 175 cm³/mol. The highest BCUT2D eigenvalue weighted by molar-refractivity contribution is 6.05. The molecule has 4 N–H and O–H groups in total.